The highest BCUT2D eigenvalue weighted by atomic mass is 16.8. The summed E-state index contributed by atoms with van der Waals surface area (Å²) in [4.78, 5) is 16.4. The summed E-state index contributed by atoms with van der Waals surface area (Å²) in [5.74, 6) is -1.43. The number of β-lactam (4-membered cyclic amide) rings is 1. The zero-order valence-corrected chi connectivity index (χ0v) is 29.0. The molecule has 4 heterocycles. The second-order valence-corrected chi connectivity index (χ2v) is 14.2. The predicted molar refractivity (Wildman–Crippen MR) is 188 cm³/mol. The van der Waals surface area contributed by atoms with E-state index in [-0.39, 0.29) is 18.0 Å². The molecule has 4 aliphatic heterocycles. The monoisotopic (exact) mass is 691 g/mol. The lowest BCUT2D eigenvalue weighted by Crippen LogP contribution is -2.68. The Morgan fingerprint density at radius 3 is 1.59 bits per heavy atom. The zero-order valence-electron chi connectivity index (χ0n) is 29.0. The second kappa shape index (κ2) is 15.0. The van der Waals surface area contributed by atoms with E-state index < -0.39 is 48.5 Å². The zero-order chi connectivity index (χ0) is 34.8. The van der Waals surface area contributed by atoms with Gasteiger partial charge in [0.05, 0.1) is 51.0 Å². The number of fused-ring (bicyclic) bond motifs is 2. The Bertz CT molecular complexity index is 1730. The molecule has 4 aromatic carbocycles. The second-order valence-electron chi connectivity index (χ2n) is 14.2. The van der Waals surface area contributed by atoms with Gasteiger partial charge in [-0.2, -0.15) is 0 Å². The molecule has 4 fully saturated rings. The van der Waals surface area contributed by atoms with Gasteiger partial charge >= 0.3 is 0 Å². The van der Waals surface area contributed by atoms with Crippen LogP contribution in [0.3, 0.4) is 0 Å². The minimum absolute atomic E-state index is 0.0371. The number of rotatable bonds is 14. The van der Waals surface area contributed by atoms with E-state index in [9.17, 15) is 4.79 Å². The van der Waals surface area contributed by atoms with Gasteiger partial charge in [-0.3, -0.25) is 4.79 Å². The summed E-state index contributed by atoms with van der Waals surface area (Å²) < 4.78 is 45.6. The molecule has 1 amide bonds. The summed E-state index contributed by atoms with van der Waals surface area (Å²) in [7, 11) is 0. The lowest BCUT2D eigenvalue weighted by Gasteiger charge is -2.49. The van der Waals surface area contributed by atoms with Crippen molar-refractivity contribution in [1.29, 1.82) is 0 Å². The third-order valence-corrected chi connectivity index (χ3v) is 10.3. The molecule has 4 aliphatic rings. The van der Waals surface area contributed by atoms with Crippen LogP contribution in [0.2, 0.25) is 0 Å². The average molecular weight is 692 g/mol. The molecular formula is C42H45NO8. The molecule has 4 saturated heterocycles. The molecule has 0 N–H and O–H groups in total. The number of carbonyl (C=O) groups excluding carboxylic acids is 1. The third-order valence-electron chi connectivity index (χ3n) is 10.3. The predicted octanol–water partition coefficient (Wildman–Crippen LogP) is 6.05. The van der Waals surface area contributed by atoms with Crippen LogP contribution in [0.5, 0.6) is 0 Å². The van der Waals surface area contributed by atoms with Crippen molar-refractivity contribution in [2.24, 2.45) is 5.92 Å². The summed E-state index contributed by atoms with van der Waals surface area (Å²) in [6.45, 7) is 5.53. The molecule has 4 aromatic rings. The van der Waals surface area contributed by atoms with E-state index in [1.165, 1.54) is 0 Å². The summed E-state index contributed by atoms with van der Waals surface area (Å²) in [5, 5.41) is 0. The summed E-state index contributed by atoms with van der Waals surface area (Å²) in [5.41, 5.74) is 4.16. The van der Waals surface area contributed by atoms with Gasteiger partial charge in [0.1, 0.15) is 30.5 Å². The fraction of sp³-hybridized carbons (Fsp3) is 0.405. The number of amides is 1. The van der Waals surface area contributed by atoms with Crippen LogP contribution in [-0.4, -0.2) is 72.1 Å². The van der Waals surface area contributed by atoms with Crippen LogP contribution in [0.1, 0.15) is 36.1 Å². The first kappa shape index (κ1) is 34.2. The molecule has 0 saturated carbocycles. The molecule has 0 radical (unpaired) electrons. The van der Waals surface area contributed by atoms with E-state index in [1.54, 1.807) is 0 Å². The van der Waals surface area contributed by atoms with Gasteiger partial charge in [0.15, 0.2) is 12.1 Å². The molecule has 266 valence electrons. The van der Waals surface area contributed by atoms with Crippen molar-refractivity contribution in [3.63, 3.8) is 0 Å². The molecule has 9 atom stereocenters. The van der Waals surface area contributed by atoms with Gasteiger partial charge in [-0.1, -0.05) is 121 Å². The molecule has 0 bridgehead atoms. The van der Waals surface area contributed by atoms with E-state index in [0.29, 0.717) is 33.0 Å². The summed E-state index contributed by atoms with van der Waals surface area (Å²) in [6.07, 6.45) is -3.22. The fourth-order valence-electron chi connectivity index (χ4n) is 7.94. The first-order chi connectivity index (χ1) is 24.9. The highest BCUT2D eigenvalue weighted by molar-refractivity contribution is 5.88. The molecule has 9 nitrogen and oxygen atoms in total. The topological polar surface area (TPSA) is 84.9 Å². The van der Waals surface area contributed by atoms with Crippen molar-refractivity contribution in [3.8, 4) is 0 Å². The Kier molecular flexibility index (Phi) is 10.0. The van der Waals surface area contributed by atoms with Crippen LogP contribution in [0, 0.1) is 5.92 Å². The molecular weight excluding hydrogens is 646 g/mol. The van der Waals surface area contributed by atoms with Gasteiger partial charge in [-0.15, -0.1) is 0 Å². The van der Waals surface area contributed by atoms with Gasteiger partial charge in [-0.05, 0) is 36.1 Å². The van der Waals surface area contributed by atoms with Crippen LogP contribution in [-0.2, 0) is 64.4 Å². The Morgan fingerprint density at radius 2 is 1.06 bits per heavy atom. The largest absolute Gasteiger partial charge is 0.375 e. The maximum atomic E-state index is 14.5. The normalized spacial score (nSPS) is 30.6. The number of nitrogens with zero attached hydrogens (tertiary/aromatic N) is 1. The maximum Gasteiger partial charge on any atom is 0.231 e. The molecule has 0 spiro atoms. The molecule has 8 rings (SSSR count). The van der Waals surface area contributed by atoms with Crippen LogP contribution >= 0.6 is 0 Å². The highest BCUT2D eigenvalue weighted by Gasteiger charge is 2.70. The maximum absolute atomic E-state index is 14.5. The number of benzene rings is 4. The minimum atomic E-state index is -0.837. The lowest BCUT2D eigenvalue weighted by molar-refractivity contribution is -0.237. The number of hydrogen-bond acceptors (Lipinski definition) is 8. The Hall–Kier alpha value is -3.93. The van der Waals surface area contributed by atoms with E-state index in [0.717, 1.165) is 22.3 Å². The Morgan fingerprint density at radius 1 is 0.588 bits per heavy atom. The van der Waals surface area contributed by atoms with Crippen molar-refractivity contribution in [2.45, 2.75) is 95.0 Å². The molecule has 51 heavy (non-hydrogen) atoms. The van der Waals surface area contributed by atoms with Gasteiger partial charge in [0.25, 0.3) is 0 Å². The van der Waals surface area contributed by atoms with Gasteiger partial charge in [-0.25, -0.2) is 0 Å². The van der Waals surface area contributed by atoms with Crippen LogP contribution in [0.4, 0.5) is 0 Å². The van der Waals surface area contributed by atoms with Crippen LogP contribution < -0.4 is 0 Å². The summed E-state index contributed by atoms with van der Waals surface area (Å²) in [6, 6.07) is 39.5. The highest BCUT2D eigenvalue weighted by Crippen LogP contribution is 2.50. The van der Waals surface area contributed by atoms with Gasteiger partial charge in [0.2, 0.25) is 5.91 Å². The van der Waals surface area contributed by atoms with E-state index in [4.69, 9.17) is 33.2 Å². The van der Waals surface area contributed by atoms with Crippen LogP contribution in [0.15, 0.2) is 121 Å². The van der Waals surface area contributed by atoms with E-state index in [1.807, 2.05) is 140 Å². The lowest BCUT2D eigenvalue weighted by atomic mass is 9.79. The van der Waals surface area contributed by atoms with Crippen molar-refractivity contribution in [1.82, 2.24) is 4.90 Å². The van der Waals surface area contributed by atoms with Crippen molar-refractivity contribution < 1.29 is 38.0 Å². The number of carbonyl (C=O) groups is 1. The first-order valence-corrected chi connectivity index (χ1v) is 17.9. The molecule has 0 aromatic heterocycles. The average Bonchev–Trinajstić information content (AvgIpc) is 3.73. The first-order valence-electron chi connectivity index (χ1n) is 17.9. The van der Waals surface area contributed by atoms with Crippen molar-refractivity contribution in [2.75, 3.05) is 6.61 Å². The van der Waals surface area contributed by atoms with Crippen molar-refractivity contribution >= 4 is 5.91 Å². The van der Waals surface area contributed by atoms with E-state index >= 15 is 0 Å². The SMILES string of the molecule is CC1(C)O[C@H]2O[C@H]([C@@H]3C(=O)N4[C@@H]3[C@H](OCc3ccccc3)[C@@H](OCc3ccccc3)[C@@H]4COCc3ccccc3)[C@H](OCc3ccccc3)[C@H]2O1. The van der Waals surface area contributed by atoms with Gasteiger partial charge < -0.3 is 38.1 Å². The molecule has 9 heteroatoms. The molecule has 0 unspecified atom stereocenters. The summed E-state index contributed by atoms with van der Waals surface area (Å²) >= 11 is 0. The van der Waals surface area contributed by atoms with Crippen molar-refractivity contribution in [3.05, 3.63) is 144 Å². The van der Waals surface area contributed by atoms with E-state index in [2.05, 4.69) is 0 Å². The minimum Gasteiger partial charge on any atom is -0.375 e. The fourth-order valence-corrected chi connectivity index (χ4v) is 7.94. The third kappa shape index (κ3) is 7.25. The Labute approximate surface area is 299 Å². The quantitative estimate of drug-likeness (QED) is 0.148. The van der Waals surface area contributed by atoms with Crippen LogP contribution in [0.25, 0.3) is 0 Å². The molecule has 0 aliphatic carbocycles. The Balaban J connectivity index is 1.09. The number of hydrogen-bond donors (Lipinski definition) is 0. The van der Waals surface area contributed by atoms with Gasteiger partial charge in [0, 0.05) is 0 Å². The number of ether oxygens (including phenoxy) is 7. The standard InChI is InChI=1S/C42H45NO8/c1-42(2)50-39-38(48-26-31-21-13-6-14-22-31)36(49-41(39)51-42)33-34-37(47-25-30-19-11-5-12-20-30)35(46-24-29-17-9-4-10-18-29)32(43(34)40(33)44)27-45-23-28-15-7-3-8-16-28/h3-22,32-39,41H,23-27H2,1-2H3/t32-,33+,34-,35-,36+,37-,38-,39+,41+/m0/s1. The smallest absolute Gasteiger partial charge is 0.231 e.